The zero-order chi connectivity index (χ0) is 21.0. The number of rotatable bonds is 5. The predicted octanol–water partition coefficient (Wildman–Crippen LogP) is 0.667. The first-order valence-corrected chi connectivity index (χ1v) is 9.30. The van der Waals surface area contributed by atoms with E-state index >= 15 is 0 Å². The topological polar surface area (TPSA) is 87.2 Å². The highest BCUT2D eigenvalue weighted by Gasteiger charge is 2.32. The highest BCUT2D eigenvalue weighted by atomic mass is 19.1. The number of hydrogen-bond acceptors (Lipinski definition) is 5. The number of nitrogens with zero attached hydrogens (tertiary/aromatic N) is 3. The molecule has 0 unspecified atom stereocenters. The number of hydrogen-bond donors (Lipinski definition) is 0. The summed E-state index contributed by atoms with van der Waals surface area (Å²) in [6.07, 6.45) is 3.19. The normalized spacial score (nSPS) is 17.4. The minimum Gasteiger partial charge on any atom is -0.494 e. The van der Waals surface area contributed by atoms with E-state index in [-0.39, 0.29) is 48.8 Å². The van der Waals surface area contributed by atoms with E-state index in [0.717, 1.165) is 4.90 Å². The molecular formula is C20H22FN3O5. The van der Waals surface area contributed by atoms with Crippen LogP contribution >= 0.6 is 0 Å². The monoisotopic (exact) mass is 403 g/mol. The largest absolute Gasteiger partial charge is 0.494 e. The molecule has 0 spiro atoms. The third kappa shape index (κ3) is 4.79. The smallest absolute Gasteiger partial charge is 0.246 e. The van der Waals surface area contributed by atoms with Crippen molar-refractivity contribution in [2.45, 2.75) is 12.8 Å². The number of amides is 4. The van der Waals surface area contributed by atoms with E-state index in [4.69, 9.17) is 4.74 Å². The molecule has 9 heteroatoms. The molecule has 0 saturated carbocycles. The molecule has 8 nitrogen and oxygen atoms in total. The van der Waals surface area contributed by atoms with Crippen LogP contribution in [0.1, 0.15) is 18.4 Å². The average molecular weight is 403 g/mol. The van der Waals surface area contributed by atoms with Crippen LogP contribution in [0.3, 0.4) is 0 Å². The minimum atomic E-state index is -0.510. The Labute approximate surface area is 167 Å². The van der Waals surface area contributed by atoms with Gasteiger partial charge in [-0.2, -0.15) is 0 Å². The van der Waals surface area contributed by atoms with Gasteiger partial charge in [0, 0.05) is 45.1 Å². The Balaban J connectivity index is 1.50. The number of carbonyl (C=O) groups is 4. The van der Waals surface area contributed by atoms with Crippen molar-refractivity contribution in [1.82, 2.24) is 14.7 Å². The fourth-order valence-electron chi connectivity index (χ4n) is 3.27. The molecule has 2 heterocycles. The molecular weight excluding hydrogens is 381 g/mol. The van der Waals surface area contributed by atoms with E-state index in [2.05, 4.69) is 0 Å². The second kappa shape index (κ2) is 8.85. The van der Waals surface area contributed by atoms with Crippen LogP contribution in [0.4, 0.5) is 4.39 Å². The SMILES string of the molecule is COc1ccc(/C=C/C(=O)N2CCN(C(=O)CN3C(=O)CCC3=O)CC2)cc1F. The number of halogens is 1. The van der Waals surface area contributed by atoms with Crippen molar-refractivity contribution in [3.8, 4) is 5.75 Å². The first-order chi connectivity index (χ1) is 13.9. The molecule has 0 aliphatic carbocycles. The molecule has 0 aromatic heterocycles. The van der Waals surface area contributed by atoms with Gasteiger partial charge in [-0.1, -0.05) is 6.07 Å². The fourth-order valence-corrected chi connectivity index (χ4v) is 3.27. The molecule has 154 valence electrons. The maximum Gasteiger partial charge on any atom is 0.246 e. The molecule has 1 aromatic rings. The molecule has 2 saturated heterocycles. The summed E-state index contributed by atoms with van der Waals surface area (Å²) >= 11 is 0. The van der Waals surface area contributed by atoms with Crippen molar-refractivity contribution in [2.24, 2.45) is 0 Å². The standard InChI is InChI=1S/C20H22FN3O5/c1-29-16-4-2-14(12-15(16)21)3-5-17(25)22-8-10-23(11-9-22)20(28)13-24-18(26)6-7-19(24)27/h2-5,12H,6-11,13H2,1H3/b5-3+. The van der Waals surface area contributed by atoms with Crippen molar-refractivity contribution < 1.29 is 28.3 Å². The first kappa shape index (κ1) is 20.5. The third-order valence-electron chi connectivity index (χ3n) is 4.99. The highest BCUT2D eigenvalue weighted by molar-refractivity contribution is 6.04. The Bertz CT molecular complexity index is 846. The molecule has 3 rings (SSSR count). The van der Waals surface area contributed by atoms with Crippen molar-refractivity contribution in [1.29, 1.82) is 0 Å². The van der Waals surface area contributed by atoms with Crippen LogP contribution in [0.5, 0.6) is 5.75 Å². The van der Waals surface area contributed by atoms with Crippen LogP contribution in [0, 0.1) is 5.82 Å². The number of ether oxygens (including phenoxy) is 1. The summed E-state index contributed by atoms with van der Waals surface area (Å²) in [5, 5.41) is 0. The lowest BCUT2D eigenvalue weighted by Gasteiger charge is -2.34. The third-order valence-corrected chi connectivity index (χ3v) is 4.99. The first-order valence-electron chi connectivity index (χ1n) is 9.30. The molecule has 2 aliphatic rings. The highest BCUT2D eigenvalue weighted by Crippen LogP contribution is 2.18. The van der Waals surface area contributed by atoms with Crippen LogP contribution in [-0.4, -0.2) is 78.2 Å². The van der Waals surface area contributed by atoms with Gasteiger partial charge in [-0.3, -0.25) is 24.1 Å². The molecule has 2 aliphatic heterocycles. The predicted molar refractivity (Wildman–Crippen MR) is 101 cm³/mol. The summed E-state index contributed by atoms with van der Waals surface area (Å²) in [5.74, 6) is -1.56. The van der Waals surface area contributed by atoms with Crippen molar-refractivity contribution >= 4 is 29.7 Å². The Morgan fingerprint density at radius 1 is 1.07 bits per heavy atom. The summed E-state index contributed by atoms with van der Waals surface area (Å²) in [6.45, 7) is 1.09. The number of imide groups is 1. The second-order valence-corrected chi connectivity index (χ2v) is 6.81. The summed E-state index contributed by atoms with van der Waals surface area (Å²) < 4.78 is 18.6. The van der Waals surface area contributed by atoms with Gasteiger partial charge < -0.3 is 14.5 Å². The summed E-state index contributed by atoms with van der Waals surface area (Å²) in [4.78, 5) is 52.1. The van der Waals surface area contributed by atoms with Crippen molar-refractivity contribution in [3.05, 3.63) is 35.7 Å². The van der Waals surface area contributed by atoms with Crippen LogP contribution in [0.15, 0.2) is 24.3 Å². The number of methoxy groups -OCH3 is 1. The number of likely N-dealkylation sites (tertiary alicyclic amines) is 1. The minimum absolute atomic E-state index is 0.131. The van der Waals surface area contributed by atoms with E-state index < -0.39 is 5.82 Å². The second-order valence-electron chi connectivity index (χ2n) is 6.81. The van der Waals surface area contributed by atoms with E-state index in [1.807, 2.05) is 0 Å². The van der Waals surface area contributed by atoms with E-state index in [0.29, 0.717) is 31.7 Å². The Morgan fingerprint density at radius 3 is 2.28 bits per heavy atom. The molecule has 4 amide bonds. The van der Waals surface area contributed by atoms with E-state index in [1.54, 1.807) is 15.9 Å². The molecule has 29 heavy (non-hydrogen) atoms. The van der Waals surface area contributed by atoms with Crippen LogP contribution < -0.4 is 4.74 Å². The van der Waals surface area contributed by atoms with E-state index in [1.165, 1.54) is 31.4 Å². The van der Waals surface area contributed by atoms with Crippen molar-refractivity contribution in [3.63, 3.8) is 0 Å². The Hall–Kier alpha value is -3.23. The van der Waals surface area contributed by atoms with Gasteiger partial charge in [-0.25, -0.2) is 4.39 Å². The maximum atomic E-state index is 13.7. The molecule has 0 radical (unpaired) electrons. The molecule has 2 fully saturated rings. The number of piperazine rings is 1. The molecule has 1 aromatic carbocycles. The van der Waals surface area contributed by atoms with Gasteiger partial charge in [0.1, 0.15) is 6.54 Å². The van der Waals surface area contributed by atoms with Crippen LogP contribution in [0.2, 0.25) is 0 Å². The van der Waals surface area contributed by atoms with Gasteiger partial charge >= 0.3 is 0 Å². The van der Waals surface area contributed by atoms with Crippen molar-refractivity contribution in [2.75, 3.05) is 39.8 Å². The van der Waals surface area contributed by atoms with Gasteiger partial charge in [0.15, 0.2) is 11.6 Å². The lowest BCUT2D eigenvalue weighted by molar-refractivity contribution is -0.146. The van der Waals surface area contributed by atoms with Gasteiger partial charge in [0.05, 0.1) is 7.11 Å². The van der Waals surface area contributed by atoms with Gasteiger partial charge in [0.2, 0.25) is 23.6 Å². The van der Waals surface area contributed by atoms with Gasteiger partial charge in [-0.15, -0.1) is 0 Å². The maximum absolute atomic E-state index is 13.7. The number of carbonyl (C=O) groups excluding carboxylic acids is 4. The Kier molecular flexibility index (Phi) is 6.26. The fraction of sp³-hybridized carbons (Fsp3) is 0.400. The zero-order valence-corrected chi connectivity index (χ0v) is 16.1. The number of benzene rings is 1. The van der Waals surface area contributed by atoms with Crippen LogP contribution in [0.25, 0.3) is 6.08 Å². The Morgan fingerprint density at radius 2 is 1.69 bits per heavy atom. The van der Waals surface area contributed by atoms with Gasteiger partial charge in [-0.05, 0) is 23.8 Å². The summed E-state index contributed by atoms with van der Waals surface area (Å²) in [6, 6.07) is 4.41. The van der Waals surface area contributed by atoms with E-state index in [9.17, 15) is 23.6 Å². The lowest BCUT2D eigenvalue weighted by atomic mass is 10.2. The van der Waals surface area contributed by atoms with Crippen LogP contribution in [-0.2, 0) is 19.2 Å². The molecule has 0 atom stereocenters. The summed E-state index contributed by atoms with van der Waals surface area (Å²) in [5.41, 5.74) is 0.533. The van der Waals surface area contributed by atoms with Gasteiger partial charge in [0.25, 0.3) is 0 Å². The average Bonchev–Trinajstić information content (AvgIpc) is 3.04. The quantitative estimate of drug-likeness (QED) is 0.533. The molecule has 0 bridgehead atoms. The lowest BCUT2D eigenvalue weighted by Crippen LogP contribution is -2.52. The molecule has 0 N–H and O–H groups in total. The summed E-state index contributed by atoms with van der Waals surface area (Å²) in [7, 11) is 1.38. The zero-order valence-electron chi connectivity index (χ0n) is 16.1.